The maximum Gasteiger partial charge on any atom is 0.341 e. The number of hydrogen-bond donors (Lipinski definition) is 1. The molecule has 1 aromatic carbocycles. The molecule has 8 heteroatoms. The van der Waals surface area contributed by atoms with Crippen molar-refractivity contribution in [2.75, 3.05) is 18.5 Å². The van der Waals surface area contributed by atoms with E-state index in [9.17, 15) is 14.4 Å². The monoisotopic (exact) mass is 441 g/mol. The van der Waals surface area contributed by atoms with Crippen LogP contribution in [0.5, 0.6) is 5.75 Å². The van der Waals surface area contributed by atoms with Crippen LogP contribution in [-0.4, -0.2) is 25.1 Å². The van der Waals surface area contributed by atoms with Crippen LogP contribution in [0.25, 0.3) is 11.0 Å². The molecule has 2 heterocycles. The number of esters is 1. The third-order valence-electron chi connectivity index (χ3n) is 5.20. The maximum atomic E-state index is 12.5. The van der Waals surface area contributed by atoms with Gasteiger partial charge in [-0.1, -0.05) is 0 Å². The number of nitrogens with one attached hydrogen (secondary N) is 1. The largest absolute Gasteiger partial charge is 0.484 e. The van der Waals surface area contributed by atoms with Crippen molar-refractivity contribution in [1.29, 1.82) is 0 Å². The Morgan fingerprint density at radius 1 is 1.19 bits per heavy atom. The quantitative estimate of drug-likeness (QED) is 0.454. The number of anilines is 1. The van der Waals surface area contributed by atoms with Crippen LogP contribution in [0.15, 0.2) is 33.5 Å². The molecule has 0 saturated heterocycles. The zero-order valence-electron chi connectivity index (χ0n) is 17.4. The van der Waals surface area contributed by atoms with Gasteiger partial charge in [-0.3, -0.25) is 4.79 Å². The van der Waals surface area contributed by atoms with Crippen LogP contribution >= 0.6 is 11.3 Å². The normalized spacial score (nSPS) is 13.0. The molecule has 0 spiro atoms. The van der Waals surface area contributed by atoms with Gasteiger partial charge in [0.25, 0.3) is 5.91 Å². The summed E-state index contributed by atoms with van der Waals surface area (Å²) in [5, 5.41) is 4.13. The summed E-state index contributed by atoms with van der Waals surface area (Å²) >= 11 is 1.43. The van der Waals surface area contributed by atoms with Gasteiger partial charge in [-0.05, 0) is 62.8 Å². The number of benzene rings is 1. The lowest BCUT2D eigenvalue weighted by molar-refractivity contribution is -0.118. The number of carbonyl (C=O) groups excluding carboxylic acids is 2. The number of amides is 1. The molecule has 0 unspecified atom stereocenters. The van der Waals surface area contributed by atoms with Gasteiger partial charge in [0, 0.05) is 22.4 Å². The van der Waals surface area contributed by atoms with E-state index in [0.29, 0.717) is 21.9 Å². The van der Waals surface area contributed by atoms with Gasteiger partial charge in [0.1, 0.15) is 16.3 Å². The smallest absolute Gasteiger partial charge is 0.341 e. The van der Waals surface area contributed by atoms with E-state index in [1.165, 1.54) is 17.4 Å². The van der Waals surface area contributed by atoms with E-state index >= 15 is 0 Å². The predicted octanol–water partition coefficient (Wildman–Crippen LogP) is 4.24. The van der Waals surface area contributed by atoms with Gasteiger partial charge in [-0.25, -0.2) is 9.59 Å². The molecule has 0 radical (unpaired) electrons. The lowest BCUT2D eigenvalue weighted by Crippen LogP contribution is -2.21. The number of rotatable bonds is 6. The van der Waals surface area contributed by atoms with Crippen molar-refractivity contribution in [3.05, 3.63) is 56.3 Å². The summed E-state index contributed by atoms with van der Waals surface area (Å²) in [6, 6.07) is 6.52. The predicted molar refractivity (Wildman–Crippen MR) is 118 cm³/mol. The molecule has 0 atom stereocenters. The summed E-state index contributed by atoms with van der Waals surface area (Å²) in [6.45, 7) is 3.62. The summed E-state index contributed by atoms with van der Waals surface area (Å²) < 4.78 is 16.0. The molecule has 1 aliphatic rings. The number of hydrogen-bond acceptors (Lipinski definition) is 7. The minimum atomic E-state index is -0.437. The molecule has 1 amide bonds. The zero-order chi connectivity index (χ0) is 22.0. The first-order valence-corrected chi connectivity index (χ1v) is 11.1. The third-order valence-corrected chi connectivity index (χ3v) is 6.40. The molecule has 4 rings (SSSR count). The topological polar surface area (TPSA) is 94.8 Å². The van der Waals surface area contributed by atoms with Crippen molar-refractivity contribution in [2.45, 2.75) is 39.5 Å². The summed E-state index contributed by atoms with van der Waals surface area (Å²) in [4.78, 5) is 37.8. The highest BCUT2D eigenvalue weighted by molar-refractivity contribution is 7.17. The van der Waals surface area contributed by atoms with Crippen molar-refractivity contribution in [3.63, 3.8) is 0 Å². The van der Waals surface area contributed by atoms with Gasteiger partial charge in [0.15, 0.2) is 6.61 Å². The highest BCUT2D eigenvalue weighted by Gasteiger charge is 2.27. The number of fused-ring (bicyclic) bond motifs is 2. The van der Waals surface area contributed by atoms with Gasteiger partial charge in [0.2, 0.25) is 0 Å². The number of ether oxygens (including phenoxy) is 2. The number of thiophene rings is 1. The number of carbonyl (C=O) groups is 2. The molecular weight excluding hydrogens is 418 g/mol. The average molecular weight is 442 g/mol. The van der Waals surface area contributed by atoms with Crippen molar-refractivity contribution < 1.29 is 23.5 Å². The van der Waals surface area contributed by atoms with Gasteiger partial charge in [-0.15, -0.1) is 11.3 Å². The van der Waals surface area contributed by atoms with Crippen molar-refractivity contribution >= 4 is 39.2 Å². The second-order valence-electron chi connectivity index (χ2n) is 7.38. The fourth-order valence-corrected chi connectivity index (χ4v) is 5.07. The lowest BCUT2D eigenvalue weighted by Gasteiger charge is -2.12. The van der Waals surface area contributed by atoms with Crippen molar-refractivity contribution in [1.82, 2.24) is 0 Å². The van der Waals surface area contributed by atoms with E-state index in [4.69, 9.17) is 13.9 Å². The molecule has 31 heavy (non-hydrogen) atoms. The molecule has 2 aromatic heterocycles. The Kier molecular flexibility index (Phi) is 6.08. The fraction of sp³-hybridized carbons (Fsp3) is 0.348. The first-order valence-electron chi connectivity index (χ1n) is 10.2. The fourth-order valence-electron chi connectivity index (χ4n) is 3.78. The Labute approximate surface area is 183 Å². The van der Waals surface area contributed by atoms with Gasteiger partial charge < -0.3 is 19.2 Å². The molecular formula is C23H23NO6S. The first-order chi connectivity index (χ1) is 15.0. The lowest BCUT2D eigenvalue weighted by atomic mass is 9.95. The van der Waals surface area contributed by atoms with Gasteiger partial charge in [0.05, 0.1) is 12.2 Å². The number of aryl methyl sites for hydroxylation is 2. The Bertz CT molecular complexity index is 1210. The summed E-state index contributed by atoms with van der Waals surface area (Å²) in [5.41, 5.74) is 2.24. The summed E-state index contributed by atoms with van der Waals surface area (Å²) in [6.07, 6.45) is 3.81. The van der Waals surface area contributed by atoms with E-state index in [1.807, 2.05) is 6.92 Å². The third kappa shape index (κ3) is 4.49. The zero-order valence-corrected chi connectivity index (χ0v) is 18.2. The SMILES string of the molecule is CCOC(=O)c1c(NC(=O)COc2ccc3c(C)cc(=O)oc3c2)sc2c1CCCC2. The van der Waals surface area contributed by atoms with Crippen LogP contribution in [0.4, 0.5) is 5.00 Å². The van der Waals surface area contributed by atoms with E-state index in [2.05, 4.69) is 5.32 Å². The standard InChI is InChI=1S/C23H23NO6S/c1-3-28-23(27)21-16-6-4-5-7-18(16)31-22(21)24-19(25)12-29-14-8-9-15-13(2)10-20(26)30-17(15)11-14/h8-11H,3-7,12H2,1-2H3,(H,24,25). The maximum absolute atomic E-state index is 12.5. The van der Waals surface area contributed by atoms with Crippen LogP contribution in [-0.2, 0) is 22.4 Å². The van der Waals surface area contributed by atoms with Crippen LogP contribution < -0.4 is 15.7 Å². The minimum Gasteiger partial charge on any atom is -0.484 e. The molecule has 162 valence electrons. The molecule has 1 N–H and O–H groups in total. The first kappa shape index (κ1) is 21.1. The molecule has 7 nitrogen and oxygen atoms in total. The van der Waals surface area contributed by atoms with Crippen LogP contribution in [0.1, 0.15) is 46.1 Å². The Hall–Kier alpha value is -3.13. The van der Waals surface area contributed by atoms with Crippen molar-refractivity contribution in [3.8, 4) is 5.75 Å². The second-order valence-corrected chi connectivity index (χ2v) is 8.48. The highest BCUT2D eigenvalue weighted by Crippen LogP contribution is 2.38. The van der Waals surface area contributed by atoms with E-state index in [-0.39, 0.29) is 19.1 Å². The molecule has 3 aromatic rings. The van der Waals surface area contributed by atoms with Crippen LogP contribution in [0.3, 0.4) is 0 Å². The molecule has 0 bridgehead atoms. The second kappa shape index (κ2) is 8.93. The van der Waals surface area contributed by atoms with Gasteiger partial charge in [-0.2, -0.15) is 0 Å². The Morgan fingerprint density at radius 2 is 2.00 bits per heavy atom. The Morgan fingerprint density at radius 3 is 2.81 bits per heavy atom. The molecule has 0 fully saturated rings. The Balaban J connectivity index is 1.49. The van der Waals surface area contributed by atoms with E-state index < -0.39 is 11.6 Å². The minimum absolute atomic E-state index is 0.244. The van der Waals surface area contributed by atoms with E-state index in [1.54, 1.807) is 25.1 Å². The molecule has 0 saturated carbocycles. The average Bonchev–Trinajstić information content (AvgIpc) is 3.09. The molecule has 0 aliphatic heterocycles. The van der Waals surface area contributed by atoms with E-state index in [0.717, 1.165) is 47.1 Å². The molecule has 1 aliphatic carbocycles. The van der Waals surface area contributed by atoms with Gasteiger partial charge >= 0.3 is 11.6 Å². The summed E-state index contributed by atoms with van der Waals surface area (Å²) in [5.74, 6) is -0.375. The van der Waals surface area contributed by atoms with Crippen LogP contribution in [0.2, 0.25) is 0 Å². The van der Waals surface area contributed by atoms with Crippen molar-refractivity contribution in [2.24, 2.45) is 0 Å². The highest BCUT2D eigenvalue weighted by atomic mass is 32.1. The van der Waals surface area contributed by atoms with Crippen LogP contribution in [0, 0.1) is 6.92 Å². The summed E-state index contributed by atoms with van der Waals surface area (Å²) in [7, 11) is 0.